The van der Waals surface area contributed by atoms with Gasteiger partial charge in [-0.15, -0.1) is 0 Å². The first-order chi connectivity index (χ1) is 7.58. The van der Waals surface area contributed by atoms with E-state index in [0.717, 1.165) is 5.56 Å². The molecular weight excluding hydrogens is 200 g/mol. The van der Waals surface area contributed by atoms with Gasteiger partial charge in [0.15, 0.2) is 0 Å². The normalized spacial score (nSPS) is 20.5. The number of hydrogen-bond donors (Lipinski definition) is 1. The molecule has 0 saturated carbocycles. The lowest BCUT2D eigenvalue weighted by Crippen LogP contribution is -2.03. The van der Waals surface area contributed by atoms with E-state index in [1.165, 1.54) is 24.0 Å². The van der Waals surface area contributed by atoms with E-state index in [1.54, 1.807) is 0 Å². The van der Waals surface area contributed by atoms with Gasteiger partial charge in [0.05, 0.1) is 6.42 Å². The predicted molar refractivity (Wildman–Crippen MR) is 63.8 cm³/mol. The predicted octanol–water partition coefficient (Wildman–Crippen LogP) is 3.31. The number of carbonyl (C=O) groups is 1. The van der Waals surface area contributed by atoms with Crippen LogP contribution in [0.15, 0.2) is 18.2 Å². The molecule has 0 saturated heterocycles. The molecule has 0 amide bonds. The molecule has 0 spiro atoms. The van der Waals surface area contributed by atoms with Crippen molar-refractivity contribution in [3.63, 3.8) is 0 Å². The Bertz CT molecular complexity index is 409. The van der Waals surface area contributed by atoms with Crippen molar-refractivity contribution in [3.05, 3.63) is 34.9 Å². The van der Waals surface area contributed by atoms with Gasteiger partial charge in [-0.1, -0.05) is 32.0 Å². The van der Waals surface area contributed by atoms with Crippen molar-refractivity contribution in [1.29, 1.82) is 0 Å². The summed E-state index contributed by atoms with van der Waals surface area (Å²) < 4.78 is 0. The van der Waals surface area contributed by atoms with Gasteiger partial charge in [-0.3, -0.25) is 4.79 Å². The highest BCUT2D eigenvalue weighted by atomic mass is 16.4. The first-order valence-corrected chi connectivity index (χ1v) is 5.92. The fourth-order valence-electron chi connectivity index (χ4n) is 2.51. The van der Waals surface area contributed by atoms with Gasteiger partial charge in [0.25, 0.3) is 0 Å². The molecular formula is C14H18O2. The van der Waals surface area contributed by atoms with E-state index in [4.69, 9.17) is 5.11 Å². The largest absolute Gasteiger partial charge is 0.481 e. The first kappa shape index (κ1) is 11.2. The average Bonchev–Trinajstić information content (AvgIpc) is 2.59. The van der Waals surface area contributed by atoms with Gasteiger partial charge < -0.3 is 5.11 Å². The highest BCUT2D eigenvalue weighted by molar-refractivity contribution is 5.68. The van der Waals surface area contributed by atoms with Crippen LogP contribution in [-0.4, -0.2) is 11.1 Å². The van der Waals surface area contributed by atoms with Crippen molar-refractivity contribution < 1.29 is 9.90 Å². The minimum Gasteiger partial charge on any atom is -0.481 e. The van der Waals surface area contributed by atoms with Crippen molar-refractivity contribution in [2.75, 3.05) is 0 Å². The molecule has 2 atom stereocenters. The second kappa shape index (κ2) is 4.28. The number of aliphatic carboxylic acids is 1. The van der Waals surface area contributed by atoms with Crippen LogP contribution in [0.3, 0.4) is 0 Å². The Hall–Kier alpha value is -1.31. The van der Waals surface area contributed by atoms with E-state index < -0.39 is 5.97 Å². The van der Waals surface area contributed by atoms with Gasteiger partial charge in [-0.25, -0.2) is 0 Å². The molecule has 1 aliphatic rings. The summed E-state index contributed by atoms with van der Waals surface area (Å²) in [7, 11) is 0. The SMILES string of the molecule is CC(CC(=O)O)c1ccc2c(c1)C(C)CC2. The maximum absolute atomic E-state index is 10.7. The summed E-state index contributed by atoms with van der Waals surface area (Å²) in [5.41, 5.74) is 4.03. The van der Waals surface area contributed by atoms with E-state index in [0.29, 0.717) is 5.92 Å². The molecule has 0 heterocycles. The van der Waals surface area contributed by atoms with Crippen molar-refractivity contribution in [2.45, 2.75) is 44.9 Å². The number of carboxylic acid groups (broad SMARTS) is 1. The van der Waals surface area contributed by atoms with Crippen molar-refractivity contribution >= 4 is 5.97 Å². The highest BCUT2D eigenvalue weighted by Crippen LogP contribution is 2.34. The summed E-state index contributed by atoms with van der Waals surface area (Å²) in [6, 6.07) is 6.47. The third-order valence-electron chi connectivity index (χ3n) is 3.60. The van der Waals surface area contributed by atoms with E-state index in [-0.39, 0.29) is 12.3 Å². The minimum absolute atomic E-state index is 0.107. The van der Waals surface area contributed by atoms with Crippen LogP contribution in [-0.2, 0) is 11.2 Å². The Morgan fingerprint density at radius 2 is 2.31 bits per heavy atom. The zero-order valence-corrected chi connectivity index (χ0v) is 9.86. The third-order valence-corrected chi connectivity index (χ3v) is 3.60. The maximum atomic E-state index is 10.7. The molecule has 0 fully saturated rings. The molecule has 86 valence electrons. The van der Waals surface area contributed by atoms with Crippen LogP contribution >= 0.6 is 0 Å². The quantitative estimate of drug-likeness (QED) is 0.845. The summed E-state index contributed by atoms with van der Waals surface area (Å²) in [5.74, 6) is 0.0172. The van der Waals surface area contributed by atoms with Crippen LogP contribution in [0, 0.1) is 0 Å². The van der Waals surface area contributed by atoms with E-state index in [9.17, 15) is 4.79 Å². The molecule has 2 unspecified atom stereocenters. The Balaban J connectivity index is 2.24. The van der Waals surface area contributed by atoms with Gasteiger partial charge in [-0.05, 0) is 41.4 Å². The topological polar surface area (TPSA) is 37.3 Å². The number of fused-ring (bicyclic) bond motifs is 1. The lowest BCUT2D eigenvalue weighted by molar-refractivity contribution is -0.137. The van der Waals surface area contributed by atoms with Gasteiger partial charge in [0, 0.05) is 0 Å². The van der Waals surface area contributed by atoms with Crippen LogP contribution in [0.5, 0.6) is 0 Å². The van der Waals surface area contributed by atoms with Crippen LogP contribution in [0.25, 0.3) is 0 Å². The second-order valence-corrected chi connectivity index (χ2v) is 4.90. The molecule has 0 aliphatic heterocycles. The lowest BCUT2D eigenvalue weighted by atomic mass is 9.93. The first-order valence-electron chi connectivity index (χ1n) is 5.92. The number of carboxylic acids is 1. The maximum Gasteiger partial charge on any atom is 0.303 e. The highest BCUT2D eigenvalue weighted by Gasteiger charge is 2.20. The molecule has 2 heteroatoms. The molecule has 2 nitrogen and oxygen atoms in total. The fraction of sp³-hybridized carbons (Fsp3) is 0.500. The molecule has 1 aromatic rings. The van der Waals surface area contributed by atoms with Crippen LogP contribution < -0.4 is 0 Å². The lowest BCUT2D eigenvalue weighted by Gasteiger charge is -2.12. The Morgan fingerprint density at radius 1 is 1.56 bits per heavy atom. The summed E-state index contributed by atoms with van der Waals surface area (Å²) in [5, 5.41) is 8.79. The van der Waals surface area contributed by atoms with E-state index in [1.807, 2.05) is 6.92 Å². The Morgan fingerprint density at radius 3 is 3.00 bits per heavy atom. The van der Waals surface area contributed by atoms with Crippen LogP contribution in [0.4, 0.5) is 0 Å². The molecule has 0 bridgehead atoms. The molecule has 0 radical (unpaired) electrons. The summed E-state index contributed by atoms with van der Waals surface area (Å²) in [6.45, 7) is 4.23. The second-order valence-electron chi connectivity index (χ2n) is 4.90. The smallest absolute Gasteiger partial charge is 0.303 e. The van der Waals surface area contributed by atoms with Crippen molar-refractivity contribution in [2.24, 2.45) is 0 Å². The average molecular weight is 218 g/mol. The molecule has 2 rings (SSSR count). The third kappa shape index (κ3) is 2.11. The van der Waals surface area contributed by atoms with Gasteiger partial charge in [0.1, 0.15) is 0 Å². The number of benzene rings is 1. The van der Waals surface area contributed by atoms with Gasteiger partial charge >= 0.3 is 5.97 Å². The van der Waals surface area contributed by atoms with Crippen molar-refractivity contribution in [3.8, 4) is 0 Å². The van der Waals surface area contributed by atoms with E-state index in [2.05, 4.69) is 25.1 Å². The number of rotatable bonds is 3. The molecule has 16 heavy (non-hydrogen) atoms. The van der Waals surface area contributed by atoms with Crippen LogP contribution in [0.1, 0.15) is 55.2 Å². The summed E-state index contributed by atoms with van der Waals surface area (Å²) in [4.78, 5) is 10.7. The number of aryl methyl sites for hydroxylation is 1. The van der Waals surface area contributed by atoms with Gasteiger partial charge in [0.2, 0.25) is 0 Å². The summed E-state index contributed by atoms with van der Waals surface area (Å²) >= 11 is 0. The zero-order valence-electron chi connectivity index (χ0n) is 9.86. The zero-order chi connectivity index (χ0) is 11.7. The monoisotopic (exact) mass is 218 g/mol. The standard InChI is InChI=1S/C14H18O2/c1-9-3-4-11-5-6-12(8-13(9)11)10(2)7-14(15)16/h5-6,8-10H,3-4,7H2,1-2H3,(H,15,16). The van der Waals surface area contributed by atoms with Crippen molar-refractivity contribution in [1.82, 2.24) is 0 Å². The molecule has 1 N–H and O–H groups in total. The fourth-order valence-corrected chi connectivity index (χ4v) is 2.51. The molecule has 1 aromatic carbocycles. The minimum atomic E-state index is -0.721. The number of hydrogen-bond acceptors (Lipinski definition) is 1. The Kier molecular flexibility index (Phi) is 2.99. The molecule has 1 aliphatic carbocycles. The summed E-state index contributed by atoms with van der Waals surface area (Å²) in [6.07, 6.45) is 2.61. The van der Waals surface area contributed by atoms with Crippen LogP contribution in [0.2, 0.25) is 0 Å². The van der Waals surface area contributed by atoms with Gasteiger partial charge in [-0.2, -0.15) is 0 Å². The molecule has 0 aromatic heterocycles. The van der Waals surface area contributed by atoms with E-state index >= 15 is 0 Å². The Labute approximate surface area is 96.3 Å².